The Morgan fingerprint density at radius 2 is 1.70 bits per heavy atom. The first-order valence-corrected chi connectivity index (χ1v) is 11.7. The Labute approximate surface area is 197 Å². The maximum atomic E-state index is 12.6. The summed E-state index contributed by atoms with van der Waals surface area (Å²) in [5, 5.41) is 2.88. The Kier molecular flexibility index (Phi) is 7.19. The third-order valence-electron chi connectivity index (χ3n) is 5.52. The van der Waals surface area contributed by atoms with Gasteiger partial charge in [-0.1, -0.05) is 48.5 Å². The molecule has 1 heterocycles. The molecule has 1 saturated heterocycles. The summed E-state index contributed by atoms with van der Waals surface area (Å²) >= 11 is 1.61. The molecule has 0 aliphatic carbocycles. The third kappa shape index (κ3) is 5.31. The topological polar surface area (TPSA) is 67.9 Å². The molecule has 0 radical (unpaired) electrons. The maximum Gasteiger partial charge on any atom is 0.251 e. The van der Waals surface area contributed by atoms with Crippen LogP contribution in [0.1, 0.15) is 32.4 Å². The largest absolute Gasteiger partial charge is 0.493 e. The van der Waals surface area contributed by atoms with E-state index < -0.39 is 0 Å². The van der Waals surface area contributed by atoms with E-state index in [0.717, 1.165) is 16.7 Å². The van der Waals surface area contributed by atoms with E-state index in [-0.39, 0.29) is 17.2 Å². The Morgan fingerprint density at radius 1 is 0.970 bits per heavy atom. The number of benzene rings is 3. The van der Waals surface area contributed by atoms with Gasteiger partial charge in [0.2, 0.25) is 5.91 Å². The van der Waals surface area contributed by atoms with Crippen LogP contribution in [0.25, 0.3) is 0 Å². The molecule has 7 heteroatoms. The minimum atomic E-state index is -0.160. The zero-order valence-corrected chi connectivity index (χ0v) is 19.4. The number of carbonyl (C=O) groups excluding carboxylic acids is 2. The Hall–Kier alpha value is -3.45. The SMILES string of the molecule is COc1ccc(CNC(=O)c2ccc(C3SCC(=O)N3Cc3ccccc3)cc2)cc1OC. The van der Waals surface area contributed by atoms with E-state index in [9.17, 15) is 9.59 Å². The van der Waals surface area contributed by atoms with E-state index in [1.807, 2.05) is 77.7 Å². The van der Waals surface area contributed by atoms with Gasteiger partial charge in [-0.3, -0.25) is 9.59 Å². The number of methoxy groups -OCH3 is 2. The molecule has 0 saturated carbocycles. The van der Waals surface area contributed by atoms with Gasteiger partial charge in [0.05, 0.1) is 20.0 Å². The fourth-order valence-corrected chi connectivity index (χ4v) is 4.94. The van der Waals surface area contributed by atoms with Crippen LogP contribution in [-0.4, -0.2) is 36.7 Å². The summed E-state index contributed by atoms with van der Waals surface area (Å²) in [7, 11) is 3.17. The standard InChI is InChI=1S/C26H26N2O4S/c1-31-22-13-8-19(14-23(22)32-2)15-27-25(30)20-9-11-21(12-10-20)26-28(24(29)17-33-26)16-18-6-4-3-5-7-18/h3-14,26H,15-17H2,1-2H3,(H,27,30). The molecule has 0 bridgehead atoms. The van der Waals surface area contributed by atoms with Crippen LogP contribution < -0.4 is 14.8 Å². The molecule has 3 aromatic rings. The van der Waals surface area contributed by atoms with Gasteiger partial charge in [-0.2, -0.15) is 0 Å². The lowest BCUT2D eigenvalue weighted by atomic mass is 10.1. The molecule has 6 nitrogen and oxygen atoms in total. The molecule has 1 aliphatic heterocycles. The van der Waals surface area contributed by atoms with Crippen molar-refractivity contribution in [2.75, 3.05) is 20.0 Å². The van der Waals surface area contributed by atoms with Gasteiger partial charge in [-0.25, -0.2) is 0 Å². The number of nitrogens with zero attached hydrogens (tertiary/aromatic N) is 1. The lowest BCUT2D eigenvalue weighted by Gasteiger charge is -2.24. The second kappa shape index (κ2) is 10.4. The van der Waals surface area contributed by atoms with Gasteiger partial charge >= 0.3 is 0 Å². The number of carbonyl (C=O) groups is 2. The Balaban J connectivity index is 1.40. The molecule has 0 aromatic heterocycles. The van der Waals surface area contributed by atoms with Crippen LogP contribution in [0.4, 0.5) is 0 Å². The van der Waals surface area contributed by atoms with Crippen molar-refractivity contribution in [3.8, 4) is 11.5 Å². The minimum Gasteiger partial charge on any atom is -0.493 e. The molecule has 1 unspecified atom stereocenters. The number of amides is 2. The predicted octanol–water partition coefficient (Wildman–Crippen LogP) is 4.41. The monoisotopic (exact) mass is 462 g/mol. The summed E-state index contributed by atoms with van der Waals surface area (Å²) in [4.78, 5) is 27.0. The van der Waals surface area contributed by atoms with E-state index in [0.29, 0.717) is 35.9 Å². The highest BCUT2D eigenvalue weighted by atomic mass is 32.2. The number of hydrogen-bond donors (Lipinski definition) is 1. The van der Waals surface area contributed by atoms with Crippen LogP contribution in [0.2, 0.25) is 0 Å². The highest BCUT2D eigenvalue weighted by Gasteiger charge is 2.32. The van der Waals surface area contributed by atoms with Gasteiger partial charge in [0.1, 0.15) is 5.37 Å². The fourth-order valence-electron chi connectivity index (χ4n) is 3.76. The number of rotatable bonds is 8. The average Bonchev–Trinajstić information content (AvgIpc) is 3.22. The van der Waals surface area contributed by atoms with E-state index in [4.69, 9.17) is 9.47 Å². The first-order chi connectivity index (χ1) is 16.1. The molecule has 3 aromatic carbocycles. The van der Waals surface area contributed by atoms with E-state index in [1.165, 1.54) is 0 Å². The number of hydrogen-bond acceptors (Lipinski definition) is 5. The van der Waals surface area contributed by atoms with Crippen LogP contribution >= 0.6 is 11.8 Å². The molecule has 1 fully saturated rings. The number of thioether (sulfide) groups is 1. The summed E-state index contributed by atoms with van der Waals surface area (Å²) in [5.74, 6) is 1.70. The first-order valence-electron chi connectivity index (χ1n) is 10.6. The lowest BCUT2D eigenvalue weighted by molar-refractivity contribution is -0.128. The summed E-state index contributed by atoms with van der Waals surface area (Å²) in [6.45, 7) is 0.948. The second-order valence-electron chi connectivity index (χ2n) is 7.66. The number of ether oxygens (including phenoxy) is 2. The van der Waals surface area contributed by atoms with E-state index in [2.05, 4.69) is 5.32 Å². The quantitative estimate of drug-likeness (QED) is 0.537. The molecular formula is C26H26N2O4S. The van der Waals surface area contributed by atoms with Crippen LogP contribution in [-0.2, 0) is 17.9 Å². The van der Waals surface area contributed by atoms with Crippen molar-refractivity contribution >= 4 is 23.6 Å². The molecule has 1 N–H and O–H groups in total. The van der Waals surface area contributed by atoms with Crippen LogP contribution in [0.3, 0.4) is 0 Å². The molecular weight excluding hydrogens is 436 g/mol. The zero-order chi connectivity index (χ0) is 23.2. The summed E-state index contributed by atoms with van der Waals surface area (Å²) in [6.07, 6.45) is 0. The highest BCUT2D eigenvalue weighted by molar-refractivity contribution is 8.00. The Bertz CT molecular complexity index is 1120. The normalized spacial score (nSPS) is 15.4. The number of nitrogens with one attached hydrogen (secondary N) is 1. The third-order valence-corrected chi connectivity index (χ3v) is 6.78. The summed E-state index contributed by atoms with van der Waals surface area (Å²) in [6, 6.07) is 23.0. The zero-order valence-electron chi connectivity index (χ0n) is 18.6. The van der Waals surface area contributed by atoms with Crippen molar-refractivity contribution in [1.29, 1.82) is 0 Å². The first kappa shape index (κ1) is 22.7. The lowest BCUT2D eigenvalue weighted by Crippen LogP contribution is -2.27. The van der Waals surface area contributed by atoms with Crippen molar-refractivity contribution < 1.29 is 19.1 Å². The molecule has 1 atom stereocenters. The maximum absolute atomic E-state index is 12.6. The van der Waals surface area contributed by atoms with Gasteiger partial charge in [-0.15, -0.1) is 11.8 Å². The van der Waals surface area contributed by atoms with Gasteiger partial charge < -0.3 is 19.7 Å². The molecule has 2 amide bonds. The van der Waals surface area contributed by atoms with Crippen LogP contribution in [0, 0.1) is 0 Å². The summed E-state index contributed by atoms with van der Waals surface area (Å²) < 4.78 is 10.6. The van der Waals surface area contributed by atoms with Crippen LogP contribution in [0.15, 0.2) is 72.8 Å². The van der Waals surface area contributed by atoms with Gasteiger partial charge in [0.25, 0.3) is 5.91 Å². The average molecular weight is 463 g/mol. The smallest absolute Gasteiger partial charge is 0.251 e. The molecule has 0 spiro atoms. The van der Waals surface area contributed by atoms with Crippen molar-refractivity contribution in [3.63, 3.8) is 0 Å². The van der Waals surface area contributed by atoms with Gasteiger partial charge in [-0.05, 0) is 41.0 Å². The summed E-state index contributed by atoms with van der Waals surface area (Å²) in [5.41, 5.74) is 3.60. The predicted molar refractivity (Wildman–Crippen MR) is 129 cm³/mol. The molecule has 1 aliphatic rings. The van der Waals surface area contributed by atoms with E-state index >= 15 is 0 Å². The van der Waals surface area contributed by atoms with Crippen LogP contribution in [0.5, 0.6) is 11.5 Å². The van der Waals surface area contributed by atoms with Gasteiger partial charge in [0.15, 0.2) is 11.5 Å². The minimum absolute atomic E-state index is 0.0541. The Morgan fingerprint density at radius 3 is 2.39 bits per heavy atom. The molecule has 4 rings (SSSR count). The fraction of sp³-hybridized carbons (Fsp3) is 0.231. The van der Waals surface area contributed by atoms with Crippen molar-refractivity contribution in [2.24, 2.45) is 0 Å². The van der Waals surface area contributed by atoms with Gasteiger partial charge in [0, 0.05) is 18.7 Å². The molecule has 33 heavy (non-hydrogen) atoms. The van der Waals surface area contributed by atoms with Crippen molar-refractivity contribution in [2.45, 2.75) is 18.5 Å². The highest BCUT2D eigenvalue weighted by Crippen LogP contribution is 2.39. The van der Waals surface area contributed by atoms with E-state index in [1.54, 1.807) is 26.0 Å². The van der Waals surface area contributed by atoms with Crippen molar-refractivity contribution in [3.05, 3.63) is 95.1 Å². The second-order valence-corrected chi connectivity index (χ2v) is 8.73. The molecule has 170 valence electrons. The van der Waals surface area contributed by atoms with Crippen molar-refractivity contribution in [1.82, 2.24) is 10.2 Å².